The normalized spacial score (nSPS) is 17.5. The molecule has 2 atom stereocenters. The number of carbonyl (C=O) groups is 2. The Morgan fingerprint density at radius 2 is 2.03 bits per heavy atom. The lowest BCUT2D eigenvalue weighted by Gasteiger charge is -2.29. The predicted octanol–water partition coefficient (Wildman–Crippen LogP) is 2.02. The van der Waals surface area contributed by atoms with Crippen LogP contribution in [0, 0.1) is 5.82 Å². The molecule has 8 heteroatoms. The first kappa shape index (κ1) is 22.7. The number of nitrogens with zero attached hydrogens (tertiary/aromatic N) is 2. The maximum absolute atomic E-state index is 14.2. The molecule has 31 heavy (non-hydrogen) atoms. The standard InChI is InChI=1S/C23H30FN5O2/c1-15(2)29-11-5-8-20(29)23(31)28-19(12-17-6-3-4-7-18(17)24)22(30)27-14-16-9-10-21(25)26-13-16/h3-4,6-7,9-10,13,15,19-20H,5,8,11-12,14H2,1-2H3,(H2,25,26)(H,27,30)(H,28,31)/t19-,20?/m0/s1. The summed E-state index contributed by atoms with van der Waals surface area (Å²) in [6, 6.07) is 8.78. The lowest BCUT2D eigenvalue weighted by molar-refractivity contribution is -0.131. The number of aromatic nitrogens is 1. The van der Waals surface area contributed by atoms with Gasteiger partial charge in [-0.1, -0.05) is 24.3 Å². The summed E-state index contributed by atoms with van der Waals surface area (Å²) in [6.45, 7) is 5.19. The number of carbonyl (C=O) groups excluding carboxylic acids is 2. The summed E-state index contributed by atoms with van der Waals surface area (Å²) in [7, 11) is 0. The molecule has 0 spiro atoms. The second kappa shape index (κ2) is 10.3. The van der Waals surface area contributed by atoms with Crippen LogP contribution in [0.4, 0.5) is 10.2 Å². The number of benzene rings is 1. The van der Waals surface area contributed by atoms with Crippen molar-refractivity contribution in [3.05, 3.63) is 59.5 Å². The highest BCUT2D eigenvalue weighted by molar-refractivity contribution is 5.90. The topological polar surface area (TPSA) is 100 Å². The van der Waals surface area contributed by atoms with Crippen molar-refractivity contribution in [2.24, 2.45) is 0 Å². The molecule has 1 aliphatic rings. The Bertz CT molecular complexity index is 903. The van der Waals surface area contributed by atoms with Crippen LogP contribution >= 0.6 is 0 Å². The molecule has 7 nitrogen and oxygen atoms in total. The molecule has 1 unspecified atom stereocenters. The average molecular weight is 428 g/mol. The number of halogens is 1. The third-order valence-corrected chi connectivity index (χ3v) is 5.59. The van der Waals surface area contributed by atoms with E-state index in [1.807, 2.05) is 0 Å². The van der Waals surface area contributed by atoms with E-state index in [1.165, 1.54) is 6.07 Å². The van der Waals surface area contributed by atoms with Crippen molar-refractivity contribution < 1.29 is 14.0 Å². The molecule has 3 rings (SSSR count). The van der Waals surface area contributed by atoms with Crippen LogP contribution in [-0.4, -0.2) is 46.4 Å². The second-order valence-corrected chi connectivity index (χ2v) is 8.16. The zero-order chi connectivity index (χ0) is 22.4. The van der Waals surface area contributed by atoms with Crippen LogP contribution in [0.25, 0.3) is 0 Å². The highest BCUT2D eigenvalue weighted by Gasteiger charge is 2.34. The lowest BCUT2D eigenvalue weighted by Crippen LogP contribution is -2.53. The largest absolute Gasteiger partial charge is 0.384 e. The van der Waals surface area contributed by atoms with Gasteiger partial charge in [-0.25, -0.2) is 9.37 Å². The van der Waals surface area contributed by atoms with Crippen molar-refractivity contribution >= 4 is 17.6 Å². The second-order valence-electron chi connectivity index (χ2n) is 8.16. The Kier molecular flexibility index (Phi) is 7.57. The number of nitrogen functional groups attached to an aromatic ring is 1. The minimum atomic E-state index is -0.888. The third kappa shape index (κ3) is 6.01. The summed E-state index contributed by atoms with van der Waals surface area (Å²) >= 11 is 0. The lowest BCUT2D eigenvalue weighted by atomic mass is 10.0. The van der Waals surface area contributed by atoms with Gasteiger partial charge < -0.3 is 16.4 Å². The molecule has 0 radical (unpaired) electrons. The minimum absolute atomic E-state index is 0.0681. The molecule has 0 saturated carbocycles. The van der Waals surface area contributed by atoms with Crippen LogP contribution in [0.15, 0.2) is 42.6 Å². The van der Waals surface area contributed by atoms with Gasteiger partial charge in [0, 0.05) is 25.2 Å². The third-order valence-electron chi connectivity index (χ3n) is 5.59. The number of nitrogens with one attached hydrogen (secondary N) is 2. The molecule has 0 aliphatic carbocycles. The molecular formula is C23H30FN5O2. The molecular weight excluding hydrogens is 397 g/mol. The van der Waals surface area contributed by atoms with E-state index in [9.17, 15) is 14.0 Å². The summed E-state index contributed by atoms with van der Waals surface area (Å²) in [5.41, 5.74) is 6.75. The summed E-state index contributed by atoms with van der Waals surface area (Å²) in [6.07, 6.45) is 3.33. The maximum atomic E-state index is 14.2. The van der Waals surface area contributed by atoms with E-state index in [4.69, 9.17) is 5.73 Å². The average Bonchev–Trinajstić information content (AvgIpc) is 3.24. The Hall–Kier alpha value is -3.00. The van der Waals surface area contributed by atoms with Crippen molar-refractivity contribution in [2.45, 2.75) is 57.8 Å². The first-order chi connectivity index (χ1) is 14.8. The summed E-state index contributed by atoms with van der Waals surface area (Å²) in [5.74, 6) is -0.577. The van der Waals surface area contributed by atoms with E-state index < -0.39 is 11.9 Å². The number of likely N-dealkylation sites (tertiary alicyclic amines) is 1. The van der Waals surface area contributed by atoms with Crippen LogP contribution in [0.1, 0.15) is 37.8 Å². The van der Waals surface area contributed by atoms with Gasteiger partial charge in [-0.2, -0.15) is 0 Å². The van der Waals surface area contributed by atoms with Crippen LogP contribution in [-0.2, 0) is 22.6 Å². The molecule has 1 aromatic carbocycles. The van der Waals surface area contributed by atoms with E-state index in [1.54, 1.807) is 36.5 Å². The number of hydrogen-bond donors (Lipinski definition) is 3. The van der Waals surface area contributed by atoms with Gasteiger partial charge in [0.1, 0.15) is 17.7 Å². The number of nitrogens with two attached hydrogens (primary N) is 1. The van der Waals surface area contributed by atoms with Gasteiger partial charge in [-0.3, -0.25) is 14.5 Å². The Morgan fingerprint density at radius 3 is 2.71 bits per heavy atom. The molecule has 2 aromatic rings. The Morgan fingerprint density at radius 1 is 1.26 bits per heavy atom. The van der Waals surface area contributed by atoms with Gasteiger partial charge in [-0.15, -0.1) is 0 Å². The van der Waals surface area contributed by atoms with E-state index >= 15 is 0 Å². The van der Waals surface area contributed by atoms with Crippen LogP contribution < -0.4 is 16.4 Å². The Labute approximate surface area is 182 Å². The zero-order valence-corrected chi connectivity index (χ0v) is 18.0. The highest BCUT2D eigenvalue weighted by atomic mass is 19.1. The summed E-state index contributed by atoms with van der Waals surface area (Å²) < 4.78 is 14.2. The number of hydrogen-bond acceptors (Lipinski definition) is 5. The van der Waals surface area contributed by atoms with Gasteiger partial charge >= 0.3 is 0 Å². The fourth-order valence-corrected chi connectivity index (χ4v) is 3.90. The van der Waals surface area contributed by atoms with Gasteiger partial charge in [0.2, 0.25) is 11.8 Å². The molecule has 1 aliphatic heterocycles. The monoisotopic (exact) mass is 427 g/mol. The molecule has 166 valence electrons. The first-order valence-electron chi connectivity index (χ1n) is 10.6. The minimum Gasteiger partial charge on any atom is -0.384 e. The summed E-state index contributed by atoms with van der Waals surface area (Å²) in [4.78, 5) is 32.1. The smallest absolute Gasteiger partial charge is 0.243 e. The molecule has 1 saturated heterocycles. The number of rotatable bonds is 8. The quantitative estimate of drug-likeness (QED) is 0.599. The fourth-order valence-electron chi connectivity index (χ4n) is 3.90. The van der Waals surface area contributed by atoms with Crippen molar-refractivity contribution in [2.75, 3.05) is 12.3 Å². The van der Waals surface area contributed by atoms with Crippen molar-refractivity contribution in [1.29, 1.82) is 0 Å². The number of anilines is 1. The molecule has 2 heterocycles. The number of amides is 2. The molecule has 2 amide bonds. The predicted molar refractivity (Wildman–Crippen MR) is 117 cm³/mol. The number of pyridine rings is 1. The van der Waals surface area contributed by atoms with Crippen molar-refractivity contribution in [3.63, 3.8) is 0 Å². The van der Waals surface area contributed by atoms with Gasteiger partial charge in [0.15, 0.2) is 0 Å². The van der Waals surface area contributed by atoms with E-state index in [-0.39, 0.29) is 36.9 Å². The molecule has 1 aromatic heterocycles. The molecule has 0 bridgehead atoms. The van der Waals surface area contributed by atoms with E-state index in [0.29, 0.717) is 11.4 Å². The van der Waals surface area contributed by atoms with Gasteiger partial charge in [0.25, 0.3) is 0 Å². The van der Waals surface area contributed by atoms with Crippen molar-refractivity contribution in [1.82, 2.24) is 20.5 Å². The van der Waals surface area contributed by atoms with E-state index in [0.717, 1.165) is 24.9 Å². The van der Waals surface area contributed by atoms with Crippen molar-refractivity contribution in [3.8, 4) is 0 Å². The van der Waals surface area contributed by atoms with Crippen LogP contribution in [0.5, 0.6) is 0 Å². The van der Waals surface area contributed by atoms with Crippen LogP contribution in [0.3, 0.4) is 0 Å². The first-order valence-corrected chi connectivity index (χ1v) is 10.6. The molecule has 4 N–H and O–H groups in total. The Balaban J connectivity index is 1.72. The SMILES string of the molecule is CC(C)N1CCCC1C(=O)N[C@@H](Cc1ccccc1F)C(=O)NCc1ccc(N)nc1. The maximum Gasteiger partial charge on any atom is 0.243 e. The van der Waals surface area contributed by atoms with Gasteiger partial charge in [-0.05, 0) is 56.5 Å². The fraction of sp³-hybridized carbons (Fsp3) is 0.435. The zero-order valence-electron chi connectivity index (χ0n) is 18.0. The van der Waals surface area contributed by atoms with E-state index in [2.05, 4.69) is 34.4 Å². The highest BCUT2D eigenvalue weighted by Crippen LogP contribution is 2.20. The van der Waals surface area contributed by atoms with Gasteiger partial charge in [0.05, 0.1) is 6.04 Å². The van der Waals surface area contributed by atoms with Crippen LogP contribution in [0.2, 0.25) is 0 Å². The summed E-state index contributed by atoms with van der Waals surface area (Å²) in [5, 5.41) is 5.69. The molecule has 1 fully saturated rings.